The molecule has 1 saturated heterocycles. The summed E-state index contributed by atoms with van der Waals surface area (Å²) in [5.41, 5.74) is 0. The van der Waals surface area contributed by atoms with E-state index in [9.17, 15) is 4.79 Å². The molecule has 0 aromatic heterocycles. The summed E-state index contributed by atoms with van der Waals surface area (Å²) >= 11 is 0. The van der Waals surface area contributed by atoms with Crippen molar-refractivity contribution < 1.29 is 9.53 Å². The molecule has 2 atom stereocenters. The van der Waals surface area contributed by atoms with Gasteiger partial charge in [-0.05, 0) is 44.2 Å². The summed E-state index contributed by atoms with van der Waals surface area (Å²) in [7, 11) is 1.89. The van der Waals surface area contributed by atoms with Gasteiger partial charge in [-0.2, -0.15) is 0 Å². The highest BCUT2D eigenvalue weighted by molar-refractivity contribution is 5.77. The molecule has 4 nitrogen and oxygen atoms in total. The molecule has 1 saturated carbocycles. The van der Waals surface area contributed by atoms with Gasteiger partial charge in [-0.3, -0.25) is 4.79 Å². The molecule has 0 radical (unpaired) electrons. The van der Waals surface area contributed by atoms with E-state index in [2.05, 4.69) is 12.2 Å². The summed E-state index contributed by atoms with van der Waals surface area (Å²) < 4.78 is 5.66. The highest BCUT2D eigenvalue weighted by Gasteiger charge is 2.34. The molecule has 1 amide bonds. The van der Waals surface area contributed by atoms with E-state index in [-0.39, 0.29) is 18.6 Å². The van der Waals surface area contributed by atoms with Crippen molar-refractivity contribution >= 4 is 5.91 Å². The van der Waals surface area contributed by atoms with E-state index < -0.39 is 0 Å². The standard InChI is InChI=1S/C13H24N2O2/c1-10-7-11(10)8-15(2)13(16)9-17-12-3-5-14-6-4-12/h10-12,14H,3-9H2,1-2H3. The average molecular weight is 240 g/mol. The Labute approximate surface area is 104 Å². The van der Waals surface area contributed by atoms with Gasteiger partial charge in [-0.25, -0.2) is 0 Å². The summed E-state index contributed by atoms with van der Waals surface area (Å²) in [6, 6.07) is 0. The van der Waals surface area contributed by atoms with Crippen LogP contribution in [0.5, 0.6) is 0 Å². The second-order valence-electron chi connectivity index (χ2n) is 5.51. The van der Waals surface area contributed by atoms with Crippen LogP contribution in [0, 0.1) is 11.8 Å². The Hall–Kier alpha value is -0.610. The SMILES string of the molecule is CC1CC1CN(C)C(=O)COC1CCNCC1. The van der Waals surface area contributed by atoms with Gasteiger partial charge in [0, 0.05) is 13.6 Å². The zero-order valence-electron chi connectivity index (χ0n) is 10.9. The number of amides is 1. The highest BCUT2D eigenvalue weighted by Crippen LogP contribution is 2.37. The van der Waals surface area contributed by atoms with Gasteiger partial charge in [-0.1, -0.05) is 6.92 Å². The maximum atomic E-state index is 11.8. The molecule has 1 heterocycles. The Morgan fingerprint density at radius 2 is 2.06 bits per heavy atom. The van der Waals surface area contributed by atoms with Crippen LogP contribution in [-0.2, 0) is 9.53 Å². The molecule has 17 heavy (non-hydrogen) atoms. The molecule has 2 aliphatic rings. The van der Waals surface area contributed by atoms with Gasteiger partial charge < -0.3 is 15.0 Å². The molecule has 2 rings (SSSR count). The van der Waals surface area contributed by atoms with Gasteiger partial charge in [-0.15, -0.1) is 0 Å². The Balaban J connectivity index is 1.62. The molecule has 1 N–H and O–H groups in total. The van der Waals surface area contributed by atoms with Crippen LogP contribution in [0.3, 0.4) is 0 Å². The van der Waals surface area contributed by atoms with E-state index >= 15 is 0 Å². The number of likely N-dealkylation sites (N-methyl/N-ethyl adjacent to an activating group) is 1. The van der Waals surface area contributed by atoms with Crippen LogP contribution < -0.4 is 5.32 Å². The van der Waals surface area contributed by atoms with E-state index in [0.29, 0.717) is 0 Å². The van der Waals surface area contributed by atoms with Crippen molar-refractivity contribution in [2.24, 2.45) is 11.8 Å². The van der Waals surface area contributed by atoms with Crippen LogP contribution >= 0.6 is 0 Å². The molecule has 0 aromatic carbocycles. The number of carbonyl (C=O) groups is 1. The quantitative estimate of drug-likeness (QED) is 0.775. The average Bonchev–Trinajstić information content (AvgIpc) is 3.03. The summed E-state index contributed by atoms with van der Waals surface area (Å²) in [4.78, 5) is 13.7. The summed E-state index contributed by atoms with van der Waals surface area (Å²) in [5, 5.41) is 3.29. The van der Waals surface area contributed by atoms with Crippen LogP contribution in [0.15, 0.2) is 0 Å². The Kier molecular flexibility index (Phi) is 4.40. The first-order chi connectivity index (χ1) is 8.16. The minimum Gasteiger partial charge on any atom is -0.368 e. The van der Waals surface area contributed by atoms with Crippen molar-refractivity contribution in [2.45, 2.75) is 32.3 Å². The van der Waals surface area contributed by atoms with Crippen LogP contribution in [0.25, 0.3) is 0 Å². The number of nitrogens with one attached hydrogen (secondary N) is 1. The number of carbonyl (C=O) groups excluding carboxylic acids is 1. The Bertz CT molecular complexity index is 264. The highest BCUT2D eigenvalue weighted by atomic mass is 16.5. The van der Waals surface area contributed by atoms with Crippen molar-refractivity contribution in [3.63, 3.8) is 0 Å². The van der Waals surface area contributed by atoms with E-state index in [1.807, 2.05) is 11.9 Å². The monoisotopic (exact) mass is 240 g/mol. The molecule has 2 unspecified atom stereocenters. The van der Waals surface area contributed by atoms with Gasteiger partial charge >= 0.3 is 0 Å². The summed E-state index contributed by atoms with van der Waals surface area (Å²) in [6.45, 7) is 5.41. The fourth-order valence-corrected chi connectivity index (χ4v) is 2.37. The molecule has 2 fully saturated rings. The van der Waals surface area contributed by atoms with Crippen molar-refractivity contribution in [1.29, 1.82) is 0 Å². The van der Waals surface area contributed by atoms with Crippen molar-refractivity contribution in [3.8, 4) is 0 Å². The lowest BCUT2D eigenvalue weighted by Gasteiger charge is -2.24. The normalized spacial score (nSPS) is 29.1. The van der Waals surface area contributed by atoms with Gasteiger partial charge in [0.2, 0.25) is 5.91 Å². The predicted octanol–water partition coefficient (Wildman–Crippen LogP) is 0.869. The molecular formula is C13H24N2O2. The minimum absolute atomic E-state index is 0.127. The molecule has 4 heteroatoms. The minimum atomic E-state index is 0.127. The van der Waals surface area contributed by atoms with Gasteiger partial charge in [0.15, 0.2) is 0 Å². The second-order valence-corrected chi connectivity index (χ2v) is 5.51. The van der Waals surface area contributed by atoms with Gasteiger partial charge in [0.05, 0.1) is 6.10 Å². The number of ether oxygens (including phenoxy) is 1. The second kappa shape index (κ2) is 5.83. The first kappa shape index (κ1) is 12.8. The zero-order valence-corrected chi connectivity index (χ0v) is 10.9. The lowest BCUT2D eigenvalue weighted by Crippen LogP contribution is -2.37. The number of nitrogens with zero attached hydrogens (tertiary/aromatic N) is 1. The Morgan fingerprint density at radius 1 is 1.41 bits per heavy atom. The van der Waals surface area contributed by atoms with Crippen LogP contribution in [0.4, 0.5) is 0 Å². The fraction of sp³-hybridized carbons (Fsp3) is 0.923. The summed E-state index contributed by atoms with van der Waals surface area (Å²) in [6.07, 6.45) is 3.59. The predicted molar refractivity (Wildman–Crippen MR) is 66.8 cm³/mol. The van der Waals surface area contributed by atoms with Crippen molar-refractivity contribution in [1.82, 2.24) is 10.2 Å². The fourth-order valence-electron chi connectivity index (χ4n) is 2.37. The zero-order chi connectivity index (χ0) is 12.3. The van der Waals surface area contributed by atoms with Gasteiger partial charge in [0.25, 0.3) is 0 Å². The maximum absolute atomic E-state index is 11.8. The number of rotatable bonds is 5. The molecule has 1 aliphatic carbocycles. The van der Waals surface area contributed by atoms with E-state index in [0.717, 1.165) is 44.3 Å². The molecule has 0 aromatic rings. The van der Waals surface area contributed by atoms with E-state index in [1.165, 1.54) is 6.42 Å². The smallest absolute Gasteiger partial charge is 0.248 e. The first-order valence-corrected chi connectivity index (χ1v) is 6.73. The number of hydrogen-bond donors (Lipinski definition) is 1. The third-order valence-corrected chi connectivity index (χ3v) is 3.94. The molecule has 0 spiro atoms. The van der Waals surface area contributed by atoms with E-state index in [1.54, 1.807) is 0 Å². The van der Waals surface area contributed by atoms with Crippen LogP contribution in [0.1, 0.15) is 26.2 Å². The lowest BCUT2D eigenvalue weighted by molar-refractivity contribution is -0.137. The first-order valence-electron chi connectivity index (χ1n) is 6.73. The van der Waals surface area contributed by atoms with Gasteiger partial charge in [0.1, 0.15) is 6.61 Å². The van der Waals surface area contributed by atoms with E-state index in [4.69, 9.17) is 4.74 Å². The number of hydrogen-bond acceptors (Lipinski definition) is 3. The lowest BCUT2D eigenvalue weighted by atomic mass is 10.1. The van der Waals surface area contributed by atoms with Crippen molar-refractivity contribution in [3.05, 3.63) is 0 Å². The number of piperidine rings is 1. The largest absolute Gasteiger partial charge is 0.368 e. The summed E-state index contributed by atoms with van der Waals surface area (Å²) in [5.74, 6) is 1.65. The molecule has 1 aliphatic heterocycles. The molecular weight excluding hydrogens is 216 g/mol. The topological polar surface area (TPSA) is 41.6 Å². The third-order valence-electron chi connectivity index (χ3n) is 3.94. The molecule has 0 bridgehead atoms. The van der Waals surface area contributed by atoms with Crippen LogP contribution in [-0.4, -0.2) is 50.2 Å². The van der Waals surface area contributed by atoms with Crippen molar-refractivity contribution in [2.75, 3.05) is 33.3 Å². The van der Waals surface area contributed by atoms with Crippen LogP contribution in [0.2, 0.25) is 0 Å². The molecule has 98 valence electrons. The third kappa shape index (κ3) is 3.96. The maximum Gasteiger partial charge on any atom is 0.248 e. The Morgan fingerprint density at radius 3 is 2.65 bits per heavy atom.